The van der Waals surface area contributed by atoms with Crippen LogP contribution >= 0.6 is 34.8 Å². The standard InChI is InChI=1S/C18H23Cl3N2O6/c1-10-13(27-2)7-12(16(25)23-6-4-5-11(23)8-24)14(15(10)28-3)22-17(26)29-18(20,21)9-19/h7,11,24H,4-6,8-9H2,1-3H3,(H,22,26). The number of benzene rings is 1. The van der Waals surface area contributed by atoms with Crippen molar-refractivity contribution >= 4 is 52.5 Å². The van der Waals surface area contributed by atoms with Crippen molar-refractivity contribution in [2.24, 2.45) is 0 Å². The maximum Gasteiger partial charge on any atom is 0.414 e. The van der Waals surface area contributed by atoms with Gasteiger partial charge in [0.15, 0.2) is 0 Å². The van der Waals surface area contributed by atoms with Crippen LogP contribution in [-0.4, -0.2) is 65.8 Å². The van der Waals surface area contributed by atoms with Crippen molar-refractivity contribution in [3.05, 3.63) is 17.2 Å². The first kappa shape index (κ1) is 23.7. The summed E-state index contributed by atoms with van der Waals surface area (Å²) >= 11 is 17.1. The molecule has 2 amide bonds. The van der Waals surface area contributed by atoms with E-state index in [1.54, 1.807) is 11.8 Å². The van der Waals surface area contributed by atoms with E-state index in [4.69, 9.17) is 49.0 Å². The van der Waals surface area contributed by atoms with Gasteiger partial charge < -0.3 is 24.2 Å². The van der Waals surface area contributed by atoms with E-state index in [9.17, 15) is 14.7 Å². The number of amides is 2. The zero-order valence-electron chi connectivity index (χ0n) is 16.3. The molecule has 0 saturated carbocycles. The van der Waals surface area contributed by atoms with Gasteiger partial charge in [0, 0.05) is 12.1 Å². The zero-order chi connectivity index (χ0) is 21.8. The molecule has 0 radical (unpaired) electrons. The summed E-state index contributed by atoms with van der Waals surface area (Å²) < 4.78 is 13.7. The lowest BCUT2D eigenvalue weighted by Crippen LogP contribution is -2.38. The van der Waals surface area contributed by atoms with Crippen LogP contribution in [0, 0.1) is 6.92 Å². The SMILES string of the molecule is COc1cc(C(=O)N2CCCC2CO)c(NC(=O)OC(Cl)(Cl)CCl)c(OC)c1C. The highest BCUT2D eigenvalue weighted by molar-refractivity contribution is 6.50. The largest absolute Gasteiger partial charge is 0.496 e. The summed E-state index contributed by atoms with van der Waals surface area (Å²) in [5, 5.41) is 12.0. The number of nitrogens with zero attached hydrogens (tertiary/aromatic N) is 1. The summed E-state index contributed by atoms with van der Waals surface area (Å²) in [5.41, 5.74) is 0.743. The van der Waals surface area contributed by atoms with E-state index < -0.39 is 16.5 Å². The number of likely N-dealkylation sites (tertiary alicyclic amines) is 1. The van der Waals surface area contributed by atoms with Crippen molar-refractivity contribution < 1.29 is 28.9 Å². The topological polar surface area (TPSA) is 97.3 Å². The second kappa shape index (κ2) is 9.93. The summed E-state index contributed by atoms with van der Waals surface area (Å²) in [6.07, 6.45) is 0.426. The molecule has 1 aliphatic rings. The number of hydrogen-bond donors (Lipinski definition) is 2. The molecule has 1 aliphatic heterocycles. The van der Waals surface area contributed by atoms with E-state index in [0.717, 1.165) is 6.42 Å². The molecule has 1 unspecified atom stereocenters. The highest BCUT2D eigenvalue weighted by atomic mass is 35.5. The molecule has 1 fully saturated rings. The van der Waals surface area contributed by atoms with Gasteiger partial charge in [-0.1, -0.05) is 23.2 Å². The number of carbonyl (C=O) groups excluding carboxylic acids is 2. The van der Waals surface area contributed by atoms with Gasteiger partial charge in [-0.25, -0.2) is 4.79 Å². The fourth-order valence-electron chi connectivity index (χ4n) is 3.23. The van der Waals surface area contributed by atoms with Crippen LogP contribution in [0.4, 0.5) is 10.5 Å². The van der Waals surface area contributed by atoms with E-state index >= 15 is 0 Å². The van der Waals surface area contributed by atoms with Crippen LogP contribution in [-0.2, 0) is 4.74 Å². The maximum atomic E-state index is 13.2. The Morgan fingerprint density at radius 3 is 2.59 bits per heavy atom. The monoisotopic (exact) mass is 468 g/mol. The molecule has 1 atom stereocenters. The Morgan fingerprint density at radius 1 is 1.34 bits per heavy atom. The number of aliphatic hydroxyl groups is 1. The van der Waals surface area contributed by atoms with Crippen LogP contribution in [0.2, 0.25) is 0 Å². The van der Waals surface area contributed by atoms with Crippen molar-refractivity contribution in [1.82, 2.24) is 4.90 Å². The van der Waals surface area contributed by atoms with Gasteiger partial charge in [0.05, 0.1) is 44.0 Å². The average molecular weight is 470 g/mol. The van der Waals surface area contributed by atoms with Crippen LogP contribution in [0.25, 0.3) is 0 Å². The molecule has 8 nitrogen and oxygen atoms in total. The first-order valence-electron chi connectivity index (χ1n) is 8.80. The van der Waals surface area contributed by atoms with Crippen LogP contribution in [0.5, 0.6) is 11.5 Å². The van der Waals surface area contributed by atoms with Crippen molar-refractivity contribution in [2.45, 2.75) is 30.3 Å². The number of hydrogen-bond acceptors (Lipinski definition) is 6. The number of halogens is 3. The molecule has 1 aromatic rings. The van der Waals surface area contributed by atoms with Gasteiger partial charge in [-0.15, -0.1) is 11.6 Å². The van der Waals surface area contributed by atoms with Gasteiger partial charge in [0.25, 0.3) is 10.4 Å². The fourth-order valence-corrected chi connectivity index (χ4v) is 3.43. The maximum absolute atomic E-state index is 13.2. The molecule has 1 saturated heterocycles. The third-order valence-electron chi connectivity index (χ3n) is 4.61. The van der Waals surface area contributed by atoms with Gasteiger partial charge in [-0.3, -0.25) is 10.1 Å². The molecule has 162 valence electrons. The first-order chi connectivity index (χ1) is 13.7. The molecule has 0 bridgehead atoms. The lowest BCUT2D eigenvalue weighted by Gasteiger charge is -2.26. The summed E-state index contributed by atoms with van der Waals surface area (Å²) in [6.45, 7) is 2.03. The number of anilines is 1. The number of alkyl halides is 3. The predicted molar refractivity (Wildman–Crippen MR) is 111 cm³/mol. The molecule has 0 aromatic heterocycles. The number of methoxy groups -OCH3 is 2. The minimum atomic E-state index is -1.94. The number of ether oxygens (including phenoxy) is 3. The molecule has 1 heterocycles. The van der Waals surface area contributed by atoms with Gasteiger partial charge in [0.2, 0.25) is 0 Å². The molecule has 1 aromatic carbocycles. The van der Waals surface area contributed by atoms with Crippen LogP contribution in [0.15, 0.2) is 6.07 Å². The molecule has 2 rings (SSSR count). The normalized spacial score (nSPS) is 16.5. The highest BCUT2D eigenvalue weighted by Gasteiger charge is 2.34. The van der Waals surface area contributed by atoms with Crippen molar-refractivity contribution in [1.29, 1.82) is 0 Å². The second-order valence-corrected chi connectivity index (χ2v) is 8.10. The van der Waals surface area contributed by atoms with Gasteiger partial charge in [-0.05, 0) is 25.8 Å². The van der Waals surface area contributed by atoms with E-state index in [1.807, 2.05) is 0 Å². The Bertz CT molecular complexity index is 774. The zero-order valence-corrected chi connectivity index (χ0v) is 18.5. The molecular weight excluding hydrogens is 447 g/mol. The van der Waals surface area contributed by atoms with E-state index in [-0.39, 0.29) is 35.5 Å². The Hall–Kier alpha value is -1.61. The lowest BCUT2D eigenvalue weighted by molar-refractivity contribution is 0.0678. The predicted octanol–water partition coefficient (Wildman–Crippen LogP) is 3.53. The Morgan fingerprint density at radius 2 is 2.03 bits per heavy atom. The van der Waals surface area contributed by atoms with Gasteiger partial charge in [-0.2, -0.15) is 0 Å². The van der Waals surface area contributed by atoms with Crippen molar-refractivity contribution in [3.63, 3.8) is 0 Å². The number of rotatable bonds is 7. The van der Waals surface area contributed by atoms with Crippen LogP contribution in [0.3, 0.4) is 0 Å². The van der Waals surface area contributed by atoms with Gasteiger partial charge in [0.1, 0.15) is 11.5 Å². The minimum absolute atomic E-state index is 0.0723. The van der Waals surface area contributed by atoms with Gasteiger partial charge >= 0.3 is 6.09 Å². The average Bonchev–Trinajstić information content (AvgIpc) is 3.16. The Kier molecular flexibility index (Phi) is 8.10. The third-order valence-corrected chi connectivity index (χ3v) is 5.68. The molecule has 0 spiro atoms. The van der Waals surface area contributed by atoms with E-state index in [0.29, 0.717) is 24.3 Å². The molecule has 29 heavy (non-hydrogen) atoms. The molecule has 0 aliphatic carbocycles. The highest BCUT2D eigenvalue weighted by Crippen LogP contribution is 2.40. The summed E-state index contributed by atoms with van der Waals surface area (Å²) in [5.74, 6) is -0.146. The summed E-state index contributed by atoms with van der Waals surface area (Å²) in [4.78, 5) is 27.1. The van der Waals surface area contributed by atoms with Crippen molar-refractivity contribution in [2.75, 3.05) is 38.6 Å². The summed E-state index contributed by atoms with van der Waals surface area (Å²) in [7, 11) is 2.85. The quantitative estimate of drug-likeness (QED) is 0.593. The smallest absolute Gasteiger partial charge is 0.414 e. The van der Waals surface area contributed by atoms with E-state index in [1.165, 1.54) is 20.3 Å². The fraction of sp³-hybridized carbons (Fsp3) is 0.556. The second-order valence-electron chi connectivity index (χ2n) is 6.42. The third kappa shape index (κ3) is 5.31. The van der Waals surface area contributed by atoms with Crippen LogP contribution in [0.1, 0.15) is 28.8 Å². The van der Waals surface area contributed by atoms with E-state index in [2.05, 4.69) is 5.32 Å². The number of nitrogens with one attached hydrogen (secondary N) is 1. The number of aliphatic hydroxyl groups excluding tert-OH is 1. The number of carbonyl (C=O) groups is 2. The Labute approximate surface area is 183 Å². The molecule has 11 heteroatoms. The minimum Gasteiger partial charge on any atom is -0.496 e. The summed E-state index contributed by atoms with van der Waals surface area (Å²) in [6, 6.07) is 1.19. The molecular formula is C18H23Cl3N2O6. The van der Waals surface area contributed by atoms with Crippen LogP contribution < -0.4 is 14.8 Å². The Balaban J connectivity index is 2.50. The van der Waals surface area contributed by atoms with Crippen molar-refractivity contribution in [3.8, 4) is 11.5 Å². The molecule has 2 N–H and O–H groups in total. The lowest BCUT2D eigenvalue weighted by atomic mass is 10.0. The first-order valence-corrected chi connectivity index (χ1v) is 10.1.